The molecule has 0 aromatic heterocycles. The molecule has 0 aliphatic carbocycles. The standard InChI is InChI=1S/C11H24N2O2/c1-10(14)7-13(2)9-11(8-12)3-5-15-6-4-11/h10,14H,3-9,12H2,1-2H3. The van der Waals surface area contributed by atoms with E-state index >= 15 is 0 Å². The molecule has 0 spiro atoms. The number of hydrogen-bond donors (Lipinski definition) is 2. The van der Waals surface area contributed by atoms with E-state index in [-0.39, 0.29) is 11.5 Å². The number of nitrogens with two attached hydrogens (primary N) is 1. The van der Waals surface area contributed by atoms with E-state index < -0.39 is 0 Å². The summed E-state index contributed by atoms with van der Waals surface area (Å²) in [7, 11) is 2.04. The summed E-state index contributed by atoms with van der Waals surface area (Å²) < 4.78 is 5.37. The summed E-state index contributed by atoms with van der Waals surface area (Å²) in [5.74, 6) is 0. The number of likely N-dealkylation sites (N-methyl/N-ethyl adjacent to an activating group) is 1. The Morgan fingerprint density at radius 1 is 1.47 bits per heavy atom. The lowest BCUT2D eigenvalue weighted by Crippen LogP contribution is -2.46. The molecule has 0 amide bonds. The number of aliphatic hydroxyl groups excluding tert-OH is 1. The molecule has 1 unspecified atom stereocenters. The van der Waals surface area contributed by atoms with E-state index in [1.165, 1.54) is 0 Å². The van der Waals surface area contributed by atoms with Gasteiger partial charge in [-0.2, -0.15) is 0 Å². The second kappa shape index (κ2) is 5.80. The summed E-state index contributed by atoms with van der Waals surface area (Å²) in [6.45, 7) is 5.83. The zero-order valence-electron chi connectivity index (χ0n) is 9.91. The van der Waals surface area contributed by atoms with Crippen molar-refractivity contribution in [1.29, 1.82) is 0 Å². The Labute approximate surface area is 92.4 Å². The first kappa shape index (κ1) is 12.9. The van der Waals surface area contributed by atoms with E-state index in [0.717, 1.165) is 32.6 Å². The predicted molar refractivity (Wildman–Crippen MR) is 60.7 cm³/mol. The van der Waals surface area contributed by atoms with Crippen molar-refractivity contribution in [3.8, 4) is 0 Å². The van der Waals surface area contributed by atoms with E-state index in [9.17, 15) is 5.11 Å². The molecule has 0 bridgehead atoms. The summed E-state index contributed by atoms with van der Waals surface area (Å²) in [5.41, 5.74) is 6.07. The topological polar surface area (TPSA) is 58.7 Å². The number of aliphatic hydroxyl groups is 1. The molecule has 90 valence electrons. The van der Waals surface area contributed by atoms with Gasteiger partial charge in [0.15, 0.2) is 0 Å². The quantitative estimate of drug-likeness (QED) is 0.682. The van der Waals surface area contributed by atoms with Crippen molar-refractivity contribution in [3.63, 3.8) is 0 Å². The largest absolute Gasteiger partial charge is 0.392 e. The lowest BCUT2D eigenvalue weighted by Gasteiger charge is -2.39. The highest BCUT2D eigenvalue weighted by molar-refractivity contribution is 4.85. The summed E-state index contributed by atoms with van der Waals surface area (Å²) in [6.07, 6.45) is 1.80. The zero-order chi connectivity index (χ0) is 11.3. The molecule has 1 rings (SSSR count). The monoisotopic (exact) mass is 216 g/mol. The Kier molecular flexibility index (Phi) is 4.99. The maximum absolute atomic E-state index is 9.31. The zero-order valence-corrected chi connectivity index (χ0v) is 9.91. The molecule has 1 heterocycles. The summed E-state index contributed by atoms with van der Waals surface area (Å²) >= 11 is 0. The molecule has 0 aromatic carbocycles. The van der Waals surface area contributed by atoms with Crippen molar-refractivity contribution in [2.45, 2.75) is 25.9 Å². The molecule has 4 nitrogen and oxygen atoms in total. The fraction of sp³-hybridized carbons (Fsp3) is 1.00. The van der Waals surface area contributed by atoms with E-state index in [2.05, 4.69) is 4.90 Å². The van der Waals surface area contributed by atoms with Gasteiger partial charge in [-0.05, 0) is 38.8 Å². The molecule has 0 aromatic rings. The first-order valence-electron chi connectivity index (χ1n) is 5.72. The highest BCUT2D eigenvalue weighted by atomic mass is 16.5. The second-order valence-corrected chi connectivity index (χ2v) is 4.86. The average molecular weight is 216 g/mol. The Balaban J connectivity index is 2.43. The van der Waals surface area contributed by atoms with Crippen LogP contribution in [0.1, 0.15) is 19.8 Å². The molecule has 1 saturated heterocycles. The van der Waals surface area contributed by atoms with Gasteiger partial charge in [-0.15, -0.1) is 0 Å². The molecular formula is C11H24N2O2. The van der Waals surface area contributed by atoms with Crippen molar-refractivity contribution in [3.05, 3.63) is 0 Å². The molecule has 1 fully saturated rings. The number of hydrogen-bond acceptors (Lipinski definition) is 4. The third-order valence-corrected chi connectivity index (χ3v) is 3.17. The van der Waals surface area contributed by atoms with Crippen LogP contribution >= 0.6 is 0 Å². The van der Waals surface area contributed by atoms with Gasteiger partial charge in [-0.3, -0.25) is 0 Å². The number of nitrogens with zero attached hydrogens (tertiary/aromatic N) is 1. The molecule has 1 aliphatic heterocycles. The van der Waals surface area contributed by atoms with Crippen LogP contribution in [0.5, 0.6) is 0 Å². The summed E-state index contributed by atoms with van der Waals surface area (Å²) in [6, 6.07) is 0. The van der Waals surface area contributed by atoms with E-state index in [1.54, 1.807) is 0 Å². The van der Waals surface area contributed by atoms with Crippen LogP contribution in [-0.4, -0.2) is 56.0 Å². The van der Waals surface area contributed by atoms with Crippen LogP contribution in [0.2, 0.25) is 0 Å². The van der Waals surface area contributed by atoms with Crippen LogP contribution < -0.4 is 5.73 Å². The van der Waals surface area contributed by atoms with Gasteiger partial charge in [0.2, 0.25) is 0 Å². The van der Waals surface area contributed by atoms with E-state index in [1.807, 2.05) is 14.0 Å². The van der Waals surface area contributed by atoms with Crippen LogP contribution in [0.15, 0.2) is 0 Å². The smallest absolute Gasteiger partial charge is 0.0638 e. The van der Waals surface area contributed by atoms with Crippen LogP contribution in [0.3, 0.4) is 0 Å². The predicted octanol–water partition coefficient (Wildman–Crippen LogP) is 0.0545. The molecule has 0 radical (unpaired) electrons. The van der Waals surface area contributed by atoms with Crippen molar-refractivity contribution < 1.29 is 9.84 Å². The molecule has 15 heavy (non-hydrogen) atoms. The molecule has 3 N–H and O–H groups in total. The van der Waals surface area contributed by atoms with Crippen LogP contribution in [-0.2, 0) is 4.74 Å². The SMILES string of the molecule is CC(O)CN(C)CC1(CN)CCOCC1. The Morgan fingerprint density at radius 3 is 2.53 bits per heavy atom. The minimum absolute atomic E-state index is 0.196. The Hall–Kier alpha value is -0.160. The lowest BCUT2D eigenvalue weighted by atomic mass is 9.80. The number of ether oxygens (including phenoxy) is 1. The highest BCUT2D eigenvalue weighted by Gasteiger charge is 2.32. The highest BCUT2D eigenvalue weighted by Crippen LogP contribution is 2.29. The first-order valence-corrected chi connectivity index (χ1v) is 5.72. The van der Waals surface area contributed by atoms with Gasteiger partial charge in [0.05, 0.1) is 6.10 Å². The number of rotatable bonds is 5. The molecule has 0 saturated carbocycles. The van der Waals surface area contributed by atoms with Crippen LogP contribution in [0, 0.1) is 5.41 Å². The van der Waals surface area contributed by atoms with Gasteiger partial charge in [0.1, 0.15) is 0 Å². The molecule has 1 aliphatic rings. The van der Waals surface area contributed by atoms with Gasteiger partial charge in [-0.25, -0.2) is 0 Å². The minimum Gasteiger partial charge on any atom is -0.392 e. The molecule has 1 atom stereocenters. The van der Waals surface area contributed by atoms with Crippen molar-refractivity contribution in [2.24, 2.45) is 11.1 Å². The fourth-order valence-electron chi connectivity index (χ4n) is 2.32. The maximum Gasteiger partial charge on any atom is 0.0638 e. The van der Waals surface area contributed by atoms with E-state index in [4.69, 9.17) is 10.5 Å². The molecule has 4 heteroatoms. The Morgan fingerprint density at radius 2 is 2.07 bits per heavy atom. The van der Waals surface area contributed by atoms with E-state index in [0.29, 0.717) is 13.1 Å². The van der Waals surface area contributed by atoms with Crippen LogP contribution in [0.4, 0.5) is 0 Å². The fourth-order valence-corrected chi connectivity index (χ4v) is 2.32. The third-order valence-electron chi connectivity index (χ3n) is 3.17. The maximum atomic E-state index is 9.31. The second-order valence-electron chi connectivity index (χ2n) is 4.86. The Bertz CT molecular complexity index is 179. The van der Waals surface area contributed by atoms with Crippen molar-refractivity contribution >= 4 is 0 Å². The van der Waals surface area contributed by atoms with Gasteiger partial charge in [-0.1, -0.05) is 0 Å². The summed E-state index contributed by atoms with van der Waals surface area (Å²) in [5, 5.41) is 9.31. The summed E-state index contributed by atoms with van der Waals surface area (Å²) in [4.78, 5) is 2.17. The van der Waals surface area contributed by atoms with Gasteiger partial charge in [0.25, 0.3) is 0 Å². The molecular weight excluding hydrogens is 192 g/mol. The van der Waals surface area contributed by atoms with Gasteiger partial charge < -0.3 is 20.5 Å². The van der Waals surface area contributed by atoms with Crippen molar-refractivity contribution in [2.75, 3.05) is 39.9 Å². The van der Waals surface area contributed by atoms with Gasteiger partial charge in [0, 0.05) is 26.3 Å². The normalized spacial score (nSPS) is 23.0. The van der Waals surface area contributed by atoms with Crippen LogP contribution in [0.25, 0.3) is 0 Å². The third kappa shape index (κ3) is 4.07. The first-order chi connectivity index (χ1) is 7.08. The lowest BCUT2D eigenvalue weighted by molar-refractivity contribution is -0.00134. The van der Waals surface area contributed by atoms with Crippen molar-refractivity contribution in [1.82, 2.24) is 4.90 Å². The average Bonchev–Trinajstić information content (AvgIpc) is 2.17. The van der Waals surface area contributed by atoms with Gasteiger partial charge >= 0.3 is 0 Å². The minimum atomic E-state index is -0.273.